The summed E-state index contributed by atoms with van der Waals surface area (Å²) in [5, 5.41) is -0.204. The number of carbonyl (C=O) groups is 1. The molecule has 1 aliphatic rings. The SMILES string of the molecule is Cc1cc(F)ccc1N1CN(c2ccc(=O)n(C(OP(=O)(O)O)(C(C)(C)C)C(C)(C)C)c2C)C(=O)c2cc(F)c(Cl)cc21. The molecule has 2 N–H and O–H groups in total. The summed E-state index contributed by atoms with van der Waals surface area (Å²) in [7, 11) is -5.19. The molecule has 0 saturated carbocycles. The number of phosphoric acid groups is 1. The van der Waals surface area contributed by atoms with Gasteiger partial charge in [-0.15, -0.1) is 0 Å². The third kappa shape index (κ3) is 5.65. The van der Waals surface area contributed by atoms with E-state index in [9.17, 15) is 32.7 Å². The van der Waals surface area contributed by atoms with Crippen LogP contribution in [0, 0.1) is 36.3 Å². The Morgan fingerprint density at radius 3 is 1.98 bits per heavy atom. The van der Waals surface area contributed by atoms with Gasteiger partial charge in [-0.25, -0.2) is 13.3 Å². The highest BCUT2D eigenvalue weighted by Crippen LogP contribution is 2.58. The number of carbonyl (C=O) groups excluding carboxylic acids is 1. The number of aromatic nitrogens is 1. The highest BCUT2D eigenvalue weighted by atomic mass is 35.5. The van der Waals surface area contributed by atoms with Crippen LogP contribution in [0.2, 0.25) is 5.02 Å². The summed E-state index contributed by atoms with van der Waals surface area (Å²) in [6.45, 7) is 13.3. The standard InChI is InChI=1S/C30H35ClF2N3O6P/c1-17-13-19(32)9-10-23(17)34-16-35(27(38)20-14-22(33)21(31)15-25(20)34)24-11-12-26(37)36(18(24)2)30(28(3,4)5,29(6,7)8)42-43(39,40)41/h9-15H,16H2,1-8H3,(H2,39,40,41). The Balaban J connectivity index is 2.04. The number of aryl methyl sites for hydroxylation is 1. The maximum Gasteiger partial charge on any atom is 0.471 e. The van der Waals surface area contributed by atoms with Crippen LogP contribution >= 0.6 is 19.4 Å². The lowest BCUT2D eigenvalue weighted by Crippen LogP contribution is -2.60. The van der Waals surface area contributed by atoms with Crippen LogP contribution in [0.1, 0.15) is 63.2 Å². The van der Waals surface area contributed by atoms with Gasteiger partial charge in [0.1, 0.15) is 18.3 Å². The molecule has 1 aliphatic heterocycles. The molecule has 0 unspecified atom stereocenters. The summed E-state index contributed by atoms with van der Waals surface area (Å²) in [5.74, 6) is -1.89. The quantitative estimate of drug-likeness (QED) is 0.290. The van der Waals surface area contributed by atoms with Crippen LogP contribution in [-0.4, -0.2) is 26.9 Å². The normalized spacial score (nSPS) is 14.8. The molecule has 9 nitrogen and oxygen atoms in total. The zero-order valence-corrected chi connectivity index (χ0v) is 26.8. The van der Waals surface area contributed by atoms with Crippen LogP contribution in [-0.2, 0) is 14.8 Å². The Kier molecular flexibility index (Phi) is 8.26. The monoisotopic (exact) mass is 637 g/mol. The molecule has 2 aromatic carbocycles. The van der Waals surface area contributed by atoms with Crippen molar-refractivity contribution in [1.82, 2.24) is 4.57 Å². The summed E-state index contributed by atoms with van der Waals surface area (Å²) in [5.41, 5.74) is -2.96. The van der Waals surface area contributed by atoms with Crippen molar-refractivity contribution >= 4 is 42.4 Å². The van der Waals surface area contributed by atoms with E-state index in [2.05, 4.69) is 0 Å². The maximum absolute atomic E-state index is 14.7. The lowest BCUT2D eigenvalue weighted by Gasteiger charge is -2.54. The van der Waals surface area contributed by atoms with Gasteiger partial charge in [-0.1, -0.05) is 53.1 Å². The number of pyridine rings is 1. The predicted octanol–water partition coefficient (Wildman–Crippen LogP) is 7.01. The Morgan fingerprint density at radius 1 is 0.860 bits per heavy atom. The van der Waals surface area contributed by atoms with Gasteiger partial charge in [-0.2, -0.15) is 0 Å². The second-order valence-corrected chi connectivity index (χ2v) is 14.3. The number of nitrogens with zero attached hydrogens (tertiary/aromatic N) is 3. The first-order valence-corrected chi connectivity index (χ1v) is 15.4. The van der Waals surface area contributed by atoms with Gasteiger partial charge in [0.05, 0.1) is 22.0 Å². The predicted molar refractivity (Wildman–Crippen MR) is 162 cm³/mol. The van der Waals surface area contributed by atoms with Gasteiger partial charge in [-0.3, -0.25) is 23.6 Å². The Bertz CT molecular complexity index is 1710. The molecule has 13 heteroatoms. The lowest BCUT2D eigenvalue weighted by atomic mass is 9.67. The topological polar surface area (TPSA) is 112 Å². The fourth-order valence-electron chi connectivity index (χ4n) is 6.26. The molecule has 0 spiro atoms. The minimum atomic E-state index is -5.19. The first-order valence-electron chi connectivity index (χ1n) is 13.4. The number of benzene rings is 2. The van der Waals surface area contributed by atoms with Gasteiger partial charge in [-0.05, 0) is 55.8 Å². The van der Waals surface area contributed by atoms with Crippen molar-refractivity contribution in [2.24, 2.45) is 10.8 Å². The number of anilines is 3. The molecule has 0 atom stereocenters. The van der Waals surface area contributed by atoms with Crippen LogP contribution in [0.4, 0.5) is 25.8 Å². The molecule has 4 rings (SSSR count). The second-order valence-electron chi connectivity index (χ2n) is 12.7. The summed E-state index contributed by atoms with van der Waals surface area (Å²) in [4.78, 5) is 50.8. The number of amides is 1. The van der Waals surface area contributed by atoms with Crippen molar-refractivity contribution in [3.05, 3.63) is 86.3 Å². The third-order valence-corrected chi connectivity index (χ3v) is 8.53. The average Bonchev–Trinajstić information content (AvgIpc) is 2.84. The van der Waals surface area contributed by atoms with Crippen molar-refractivity contribution in [2.45, 2.75) is 61.1 Å². The molecule has 3 aromatic rings. The van der Waals surface area contributed by atoms with Crippen LogP contribution in [0.3, 0.4) is 0 Å². The van der Waals surface area contributed by atoms with E-state index in [1.54, 1.807) is 60.3 Å². The van der Waals surface area contributed by atoms with E-state index in [0.29, 0.717) is 16.9 Å². The number of hydrogen-bond donors (Lipinski definition) is 2. The number of fused-ring (bicyclic) bond motifs is 1. The van der Waals surface area contributed by atoms with Gasteiger partial charge in [0.15, 0.2) is 5.72 Å². The summed E-state index contributed by atoms with van der Waals surface area (Å²) in [6.07, 6.45) is 0. The van der Waals surface area contributed by atoms with Crippen molar-refractivity contribution < 1.29 is 32.5 Å². The highest BCUT2D eigenvalue weighted by Gasteiger charge is 2.58. The lowest BCUT2D eigenvalue weighted by molar-refractivity contribution is -0.194. The van der Waals surface area contributed by atoms with E-state index < -0.39 is 47.5 Å². The number of phosphoric ester groups is 1. The van der Waals surface area contributed by atoms with Crippen molar-refractivity contribution in [1.29, 1.82) is 0 Å². The van der Waals surface area contributed by atoms with Gasteiger partial charge in [0.2, 0.25) is 0 Å². The Hall–Kier alpha value is -3.08. The van der Waals surface area contributed by atoms with Gasteiger partial charge < -0.3 is 14.7 Å². The summed E-state index contributed by atoms with van der Waals surface area (Å²) in [6, 6.07) is 9.09. The molecule has 0 aliphatic carbocycles. The van der Waals surface area contributed by atoms with E-state index in [1.165, 1.54) is 45.9 Å². The third-order valence-electron chi connectivity index (χ3n) is 7.74. The minimum Gasteiger partial charge on any atom is -0.322 e. The molecule has 43 heavy (non-hydrogen) atoms. The fourth-order valence-corrected chi connectivity index (χ4v) is 7.39. The van der Waals surface area contributed by atoms with Gasteiger partial charge in [0, 0.05) is 28.3 Å². The van der Waals surface area contributed by atoms with Crippen LogP contribution in [0.5, 0.6) is 0 Å². The molecule has 232 valence electrons. The minimum absolute atomic E-state index is 0.0293. The van der Waals surface area contributed by atoms with Crippen molar-refractivity contribution in [3.63, 3.8) is 0 Å². The first kappa shape index (κ1) is 32.8. The smallest absolute Gasteiger partial charge is 0.322 e. The number of halogens is 3. The Labute approximate surface area is 253 Å². The van der Waals surface area contributed by atoms with Crippen LogP contribution < -0.4 is 15.4 Å². The van der Waals surface area contributed by atoms with Crippen molar-refractivity contribution in [3.8, 4) is 0 Å². The first-order chi connectivity index (χ1) is 19.6. The fraction of sp³-hybridized carbons (Fsp3) is 0.400. The van der Waals surface area contributed by atoms with E-state index in [0.717, 1.165) is 6.07 Å². The van der Waals surface area contributed by atoms with E-state index in [-0.39, 0.29) is 28.6 Å². The van der Waals surface area contributed by atoms with E-state index in [4.69, 9.17) is 16.1 Å². The molecule has 0 fully saturated rings. The summed E-state index contributed by atoms with van der Waals surface area (Å²) >= 11 is 6.11. The highest BCUT2D eigenvalue weighted by molar-refractivity contribution is 7.46. The van der Waals surface area contributed by atoms with Crippen molar-refractivity contribution in [2.75, 3.05) is 16.5 Å². The number of hydrogen-bond acceptors (Lipinski definition) is 5. The Morgan fingerprint density at radius 2 is 1.44 bits per heavy atom. The molecule has 2 heterocycles. The molecule has 0 radical (unpaired) electrons. The van der Waals surface area contributed by atoms with E-state index >= 15 is 0 Å². The number of rotatable bonds is 5. The average molecular weight is 638 g/mol. The molecular weight excluding hydrogens is 603 g/mol. The van der Waals surface area contributed by atoms with Crippen LogP contribution in [0.15, 0.2) is 47.3 Å². The largest absolute Gasteiger partial charge is 0.471 e. The molecule has 1 amide bonds. The van der Waals surface area contributed by atoms with Gasteiger partial charge in [0.25, 0.3) is 11.5 Å². The molecule has 0 bridgehead atoms. The van der Waals surface area contributed by atoms with Crippen LogP contribution in [0.25, 0.3) is 0 Å². The second kappa shape index (κ2) is 10.8. The zero-order valence-electron chi connectivity index (χ0n) is 25.2. The molecular formula is C30H35ClF2N3O6P. The van der Waals surface area contributed by atoms with Gasteiger partial charge >= 0.3 is 7.82 Å². The zero-order chi connectivity index (χ0) is 32.4. The summed E-state index contributed by atoms with van der Waals surface area (Å²) < 4.78 is 48.0. The maximum atomic E-state index is 14.7. The van der Waals surface area contributed by atoms with E-state index in [1.807, 2.05) is 0 Å². The molecule has 1 aromatic heterocycles. The molecule has 0 saturated heterocycles.